The lowest BCUT2D eigenvalue weighted by Gasteiger charge is -2.44. The molecular formula is C34H36ClN5O7. The van der Waals surface area contributed by atoms with E-state index in [9.17, 15) is 4.79 Å². The minimum absolute atomic E-state index is 0.0904. The monoisotopic (exact) mass is 661 g/mol. The van der Waals surface area contributed by atoms with Gasteiger partial charge in [-0.1, -0.05) is 17.7 Å². The first-order valence-corrected chi connectivity index (χ1v) is 16.2. The molecule has 4 atom stereocenters. The van der Waals surface area contributed by atoms with E-state index in [0.717, 1.165) is 43.1 Å². The summed E-state index contributed by atoms with van der Waals surface area (Å²) in [6.45, 7) is 6.57. The number of esters is 1. The molecule has 4 aromatic rings. The first-order valence-electron chi connectivity index (χ1n) is 15.8. The first-order chi connectivity index (χ1) is 22.8. The summed E-state index contributed by atoms with van der Waals surface area (Å²) < 4.78 is 37.7. The number of nitrogens with zero attached hydrogens (tertiary/aromatic N) is 5. The van der Waals surface area contributed by atoms with E-state index in [1.807, 2.05) is 31.2 Å². The average Bonchev–Trinajstić information content (AvgIpc) is 3.78. The molecule has 0 amide bonds. The quantitative estimate of drug-likeness (QED) is 0.251. The number of para-hydroxylation sites is 1. The second kappa shape index (κ2) is 11.9. The number of benzene rings is 2. The van der Waals surface area contributed by atoms with Gasteiger partial charge in [-0.2, -0.15) is 0 Å². The molecule has 0 aliphatic carbocycles. The van der Waals surface area contributed by atoms with Crippen molar-refractivity contribution >= 4 is 34.3 Å². The van der Waals surface area contributed by atoms with Crippen molar-refractivity contribution in [2.45, 2.75) is 50.4 Å². The summed E-state index contributed by atoms with van der Waals surface area (Å²) in [6, 6.07) is 13.3. The molecule has 47 heavy (non-hydrogen) atoms. The number of carbonyl (C=O) groups is 1. The molecule has 0 bridgehead atoms. The van der Waals surface area contributed by atoms with Crippen LogP contribution in [0.2, 0.25) is 5.02 Å². The largest absolute Gasteiger partial charge is 0.494 e. The van der Waals surface area contributed by atoms with E-state index >= 15 is 0 Å². The molecule has 12 nitrogen and oxygen atoms in total. The Bertz CT molecular complexity index is 1830. The number of imidazole rings is 1. The van der Waals surface area contributed by atoms with Crippen molar-refractivity contribution in [3.05, 3.63) is 70.8 Å². The average molecular weight is 662 g/mol. The van der Waals surface area contributed by atoms with E-state index < -0.39 is 11.8 Å². The molecular weight excluding hydrogens is 626 g/mol. The van der Waals surface area contributed by atoms with Crippen molar-refractivity contribution in [2.24, 2.45) is 0 Å². The topological polar surface area (TPSA) is 110 Å². The van der Waals surface area contributed by atoms with Crippen molar-refractivity contribution in [2.75, 3.05) is 52.0 Å². The van der Waals surface area contributed by atoms with Crippen molar-refractivity contribution < 1.29 is 33.2 Å². The molecule has 2 aromatic heterocycles. The number of carbonyl (C=O) groups excluding carboxylic acids is 1. The van der Waals surface area contributed by atoms with Crippen LogP contribution in [0.1, 0.15) is 35.2 Å². The second-order valence-electron chi connectivity index (χ2n) is 12.4. The summed E-state index contributed by atoms with van der Waals surface area (Å²) in [7, 11) is 2.97. The molecule has 3 fully saturated rings. The minimum atomic E-state index is -1.07. The Kier molecular flexibility index (Phi) is 7.63. The van der Waals surface area contributed by atoms with Crippen LogP contribution in [0, 0.1) is 0 Å². The van der Waals surface area contributed by atoms with Gasteiger partial charge in [0, 0.05) is 32.8 Å². The molecule has 3 unspecified atom stereocenters. The number of rotatable bonds is 8. The normalized spacial score (nSPS) is 25.1. The summed E-state index contributed by atoms with van der Waals surface area (Å²) in [5.74, 6) is 1.29. The molecule has 246 valence electrons. The molecule has 13 heteroatoms. The van der Waals surface area contributed by atoms with Gasteiger partial charge in [0.25, 0.3) is 5.79 Å². The van der Waals surface area contributed by atoms with Crippen LogP contribution in [0.4, 0.5) is 5.69 Å². The second-order valence-corrected chi connectivity index (χ2v) is 12.8. The molecule has 4 aliphatic heterocycles. The smallest absolute Gasteiger partial charge is 0.338 e. The number of fused-ring (bicyclic) bond motifs is 3. The van der Waals surface area contributed by atoms with E-state index in [0.29, 0.717) is 65.3 Å². The van der Waals surface area contributed by atoms with E-state index in [1.54, 1.807) is 25.4 Å². The van der Waals surface area contributed by atoms with E-state index in [1.165, 1.54) is 7.11 Å². The van der Waals surface area contributed by atoms with Gasteiger partial charge < -0.3 is 37.9 Å². The molecule has 0 spiro atoms. The zero-order valence-electron chi connectivity index (χ0n) is 26.5. The lowest BCUT2D eigenvalue weighted by atomic mass is 10.0. The SMILES string of the molecule is COC(=O)c1cc(OC)c2nc(CN3CCN(c4cccc5c4OC(C)(c4ccc(Cl)cn4)O5)C4COCC43)n(C[C@@H]3CCO3)c2c1. The number of anilines is 1. The van der Waals surface area contributed by atoms with Gasteiger partial charge >= 0.3 is 5.97 Å². The Morgan fingerprint density at radius 3 is 2.70 bits per heavy atom. The maximum Gasteiger partial charge on any atom is 0.338 e. The summed E-state index contributed by atoms with van der Waals surface area (Å²) in [6.07, 6.45) is 2.67. The van der Waals surface area contributed by atoms with Crippen LogP contribution >= 0.6 is 11.6 Å². The highest BCUT2D eigenvalue weighted by Crippen LogP contribution is 2.50. The number of aromatic nitrogens is 3. The van der Waals surface area contributed by atoms with Gasteiger partial charge in [-0.15, -0.1) is 0 Å². The lowest BCUT2D eigenvalue weighted by Crippen LogP contribution is -2.59. The van der Waals surface area contributed by atoms with Crippen LogP contribution in [0.15, 0.2) is 48.7 Å². The summed E-state index contributed by atoms with van der Waals surface area (Å²) >= 11 is 6.09. The first kappa shape index (κ1) is 30.2. The van der Waals surface area contributed by atoms with Gasteiger partial charge in [0.2, 0.25) is 0 Å². The molecule has 2 aromatic carbocycles. The summed E-state index contributed by atoms with van der Waals surface area (Å²) in [5.41, 5.74) is 3.56. The van der Waals surface area contributed by atoms with Crippen molar-refractivity contribution in [1.82, 2.24) is 19.4 Å². The zero-order chi connectivity index (χ0) is 32.3. The maximum absolute atomic E-state index is 12.5. The number of halogens is 1. The molecule has 4 aliphatic rings. The van der Waals surface area contributed by atoms with E-state index in [-0.39, 0.29) is 18.2 Å². The van der Waals surface area contributed by atoms with Gasteiger partial charge in [-0.05, 0) is 42.8 Å². The zero-order valence-corrected chi connectivity index (χ0v) is 27.2. The van der Waals surface area contributed by atoms with Crippen molar-refractivity contribution in [1.29, 1.82) is 0 Å². The minimum Gasteiger partial charge on any atom is -0.494 e. The van der Waals surface area contributed by atoms with Crippen molar-refractivity contribution in [3.8, 4) is 17.2 Å². The molecule has 3 saturated heterocycles. The highest BCUT2D eigenvalue weighted by molar-refractivity contribution is 6.30. The van der Waals surface area contributed by atoms with Crippen LogP contribution in [-0.4, -0.2) is 90.7 Å². The number of piperazine rings is 1. The maximum atomic E-state index is 12.5. The standard InChI is InChI=1S/C34H36ClN5O7/c1-34(29-8-7-21(35)15-36-29)46-27-6-4-5-23(32(27)47-34)39-11-10-38(25-18-44-19-26(25)39)17-30-37-31-24(40(30)16-22-9-12-45-22)13-20(33(41)43-3)14-28(31)42-2/h4-8,13-15,22,25-26H,9-12,16-19H2,1-3H3/t22-,25?,26?,34?/m0/s1. The van der Waals surface area contributed by atoms with Crippen LogP contribution in [-0.2, 0) is 33.1 Å². The molecule has 0 radical (unpaired) electrons. The number of methoxy groups -OCH3 is 2. The van der Waals surface area contributed by atoms with Gasteiger partial charge in [0.1, 0.15) is 22.8 Å². The van der Waals surface area contributed by atoms with Gasteiger partial charge in [-0.25, -0.2) is 9.78 Å². The molecule has 6 heterocycles. The Morgan fingerprint density at radius 2 is 1.96 bits per heavy atom. The Hall–Kier alpha value is -4.10. The fraction of sp³-hybridized carbons (Fsp3) is 0.441. The third kappa shape index (κ3) is 5.23. The number of hydrogen-bond donors (Lipinski definition) is 0. The fourth-order valence-corrected chi connectivity index (χ4v) is 7.21. The molecule has 8 rings (SSSR count). The number of hydrogen-bond acceptors (Lipinski definition) is 11. The van der Waals surface area contributed by atoms with Crippen molar-refractivity contribution in [3.63, 3.8) is 0 Å². The number of ether oxygens (including phenoxy) is 6. The third-order valence-corrected chi connectivity index (χ3v) is 9.87. The van der Waals surface area contributed by atoms with Gasteiger partial charge in [-0.3, -0.25) is 9.88 Å². The summed E-state index contributed by atoms with van der Waals surface area (Å²) in [4.78, 5) is 26.9. The molecule has 0 saturated carbocycles. The van der Waals surface area contributed by atoms with Crippen LogP contribution in [0.3, 0.4) is 0 Å². The Morgan fingerprint density at radius 1 is 1.11 bits per heavy atom. The highest BCUT2D eigenvalue weighted by Gasteiger charge is 2.46. The fourth-order valence-electron chi connectivity index (χ4n) is 7.10. The Labute approximate surface area is 277 Å². The lowest BCUT2D eigenvalue weighted by molar-refractivity contribution is -0.0716. The van der Waals surface area contributed by atoms with E-state index in [2.05, 4.69) is 25.4 Å². The predicted octanol–water partition coefficient (Wildman–Crippen LogP) is 4.40. The van der Waals surface area contributed by atoms with Crippen LogP contribution in [0.5, 0.6) is 17.2 Å². The van der Waals surface area contributed by atoms with Crippen LogP contribution in [0.25, 0.3) is 11.0 Å². The van der Waals surface area contributed by atoms with Gasteiger partial charge in [0.15, 0.2) is 11.5 Å². The van der Waals surface area contributed by atoms with Crippen LogP contribution < -0.4 is 19.1 Å². The van der Waals surface area contributed by atoms with Gasteiger partial charge in [0.05, 0.1) is 80.5 Å². The molecule has 0 N–H and O–H groups in total. The number of pyridine rings is 1. The summed E-state index contributed by atoms with van der Waals surface area (Å²) in [5, 5.41) is 0.552. The Balaban J connectivity index is 1.08. The third-order valence-electron chi connectivity index (χ3n) is 9.64. The highest BCUT2D eigenvalue weighted by atomic mass is 35.5. The van der Waals surface area contributed by atoms with E-state index in [4.69, 9.17) is 45.0 Å². The predicted molar refractivity (Wildman–Crippen MR) is 172 cm³/mol.